The van der Waals surface area contributed by atoms with Crippen LogP contribution in [0.4, 0.5) is 4.79 Å². The third-order valence-electron chi connectivity index (χ3n) is 3.77. The Balaban J connectivity index is 2.78. The zero-order valence-electron chi connectivity index (χ0n) is 14.7. The summed E-state index contributed by atoms with van der Waals surface area (Å²) >= 11 is 0. The molecule has 132 valence electrons. The molecule has 0 aromatic heterocycles. The molecule has 1 aliphatic carbocycles. The molecular weight excluding hydrogens is 300 g/mol. The Hall–Kier alpha value is -1.63. The van der Waals surface area contributed by atoms with Crippen molar-refractivity contribution in [2.75, 3.05) is 14.2 Å². The molecule has 1 aliphatic rings. The predicted octanol–water partition coefficient (Wildman–Crippen LogP) is 2.05. The number of amides is 2. The number of ether oxygens (including phenoxy) is 1. The summed E-state index contributed by atoms with van der Waals surface area (Å²) in [6, 6.07) is -0.846. The quantitative estimate of drug-likeness (QED) is 0.781. The average Bonchev–Trinajstić information content (AvgIpc) is 2.45. The first-order chi connectivity index (χ1) is 10.6. The highest BCUT2D eigenvalue weighted by atomic mass is 16.7. The van der Waals surface area contributed by atoms with Gasteiger partial charge in [0.2, 0.25) is 0 Å². The zero-order chi connectivity index (χ0) is 17.6. The van der Waals surface area contributed by atoms with Crippen LogP contribution < -0.4 is 5.32 Å². The van der Waals surface area contributed by atoms with E-state index in [9.17, 15) is 14.4 Å². The number of hydroxylamine groups is 2. The number of likely N-dealkylation sites (N-methyl/N-ethyl adjacent to an activating group) is 1. The minimum absolute atomic E-state index is 0.153. The number of rotatable bonds is 5. The van der Waals surface area contributed by atoms with Crippen molar-refractivity contribution >= 4 is 17.8 Å². The van der Waals surface area contributed by atoms with Gasteiger partial charge in [0.1, 0.15) is 17.4 Å². The Bertz CT molecular complexity index is 444. The lowest BCUT2D eigenvalue weighted by molar-refractivity contribution is -0.171. The van der Waals surface area contributed by atoms with E-state index in [1.807, 2.05) is 0 Å². The second-order valence-electron chi connectivity index (χ2n) is 6.86. The minimum Gasteiger partial charge on any atom is -0.444 e. The highest BCUT2D eigenvalue weighted by Gasteiger charge is 2.32. The second kappa shape index (κ2) is 8.29. The molecule has 0 unspecified atom stereocenters. The first-order valence-corrected chi connectivity index (χ1v) is 7.98. The van der Waals surface area contributed by atoms with Gasteiger partial charge >= 0.3 is 6.09 Å². The van der Waals surface area contributed by atoms with Gasteiger partial charge in [-0.2, -0.15) is 0 Å². The van der Waals surface area contributed by atoms with Crippen LogP contribution in [0.15, 0.2) is 0 Å². The minimum atomic E-state index is -0.846. The van der Waals surface area contributed by atoms with E-state index in [2.05, 4.69) is 5.32 Å². The largest absolute Gasteiger partial charge is 0.444 e. The van der Waals surface area contributed by atoms with Gasteiger partial charge in [-0.25, -0.2) is 9.86 Å². The van der Waals surface area contributed by atoms with Gasteiger partial charge in [-0.15, -0.1) is 0 Å². The number of Topliss-reactive ketones (excluding diaryl/α,β-unsaturated/α-hetero) is 1. The lowest BCUT2D eigenvalue weighted by atomic mass is 9.83. The topological polar surface area (TPSA) is 84.9 Å². The molecule has 1 fully saturated rings. The summed E-state index contributed by atoms with van der Waals surface area (Å²) < 4.78 is 5.20. The van der Waals surface area contributed by atoms with Gasteiger partial charge in [0, 0.05) is 19.4 Å². The summed E-state index contributed by atoms with van der Waals surface area (Å²) in [6.45, 7) is 5.24. The zero-order valence-corrected chi connectivity index (χ0v) is 14.7. The van der Waals surface area contributed by atoms with Crippen LogP contribution in [0, 0.1) is 5.92 Å². The molecule has 1 saturated carbocycles. The fourth-order valence-electron chi connectivity index (χ4n) is 2.57. The molecule has 0 aromatic carbocycles. The molecule has 0 saturated heterocycles. The molecule has 0 aromatic rings. The van der Waals surface area contributed by atoms with E-state index in [0.717, 1.165) is 24.3 Å². The smallest absolute Gasteiger partial charge is 0.408 e. The number of hydrogen-bond donors (Lipinski definition) is 1. The predicted molar refractivity (Wildman–Crippen MR) is 84.5 cm³/mol. The maximum Gasteiger partial charge on any atom is 0.408 e. The highest BCUT2D eigenvalue weighted by molar-refractivity contribution is 5.87. The van der Waals surface area contributed by atoms with Crippen molar-refractivity contribution in [3.05, 3.63) is 0 Å². The van der Waals surface area contributed by atoms with E-state index in [-0.39, 0.29) is 18.1 Å². The Labute approximate surface area is 137 Å². The van der Waals surface area contributed by atoms with Crippen molar-refractivity contribution in [3.8, 4) is 0 Å². The number of carbonyl (C=O) groups excluding carboxylic acids is 3. The first kappa shape index (κ1) is 19.4. The van der Waals surface area contributed by atoms with E-state index in [0.29, 0.717) is 6.42 Å². The van der Waals surface area contributed by atoms with E-state index in [1.54, 1.807) is 20.8 Å². The molecule has 7 nitrogen and oxygen atoms in total. The molecule has 0 heterocycles. The maximum atomic E-state index is 12.4. The summed E-state index contributed by atoms with van der Waals surface area (Å²) in [5.74, 6) is -0.463. The lowest BCUT2D eigenvalue weighted by Gasteiger charge is -2.28. The molecule has 0 bridgehead atoms. The van der Waals surface area contributed by atoms with Crippen LogP contribution >= 0.6 is 0 Å². The van der Waals surface area contributed by atoms with Crippen LogP contribution in [0.1, 0.15) is 52.9 Å². The van der Waals surface area contributed by atoms with Crippen molar-refractivity contribution in [3.63, 3.8) is 0 Å². The van der Waals surface area contributed by atoms with Gasteiger partial charge in [0.15, 0.2) is 0 Å². The van der Waals surface area contributed by atoms with Gasteiger partial charge in [-0.3, -0.25) is 14.4 Å². The summed E-state index contributed by atoms with van der Waals surface area (Å²) in [6.07, 6.45) is 2.73. The Morgan fingerprint density at radius 2 is 2.00 bits per heavy atom. The van der Waals surface area contributed by atoms with E-state index in [4.69, 9.17) is 9.57 Å². The van der Waals surface area contributed by atoms with Crippen LogP contribution in [0.25, 0.3) is 0 Å². The first-order valence-electron chi connectivity index (χ1n) is 7.98. The van der Waals surface area contributed by atoms with Crippen molar-refractivity contribution in [1.29, 1.82) is 0 Å². The van der Waals surface area contributed by atoms with Gasteiger partial charge in [-0.05, 0) is 40.0 Å². The summed E-state index contributed by atoms with van der Waals surface area (Å²) in [5, 5.41) is 3.62. The van der Waals surface area contributed by atoms with Gasteiger partial charge in [-0.1, -0.05) is 6.42 Å². The van der Waals surface area contributed by atoms with Crippen molar-refractivity contribution in [1.82, 2.24) is 10.4 Å². The number of nitrogens with zero attached hydrogens (tertiary/aromatic N) is 1. The normalized spacial score (nSPS) is 19.9. The fourth-order valence-corrected chi connectivity index (χ4v) is 2.57. The van der Waals surface area contributed by atoms with Crippen molar-refractivity contribution < 1.29 is 24.0 Å². The number of alkyl carbamates (subject to hydrolysis) is 1. The fraction of sp³-hybridized carbons (Fsp3) is 0.812. The van der Waals surface area contributed by atoms with Crippen LogP contribution in [-0.4, -0.2) is 48.6 Å². The highest BCUT2D eigenvalue weighted by Crippen LogP contribution is 2.25. The SMILES string of the molecule is CON(C)C(=O)[C@H](C[C@@H]1CCCCC1=O)NC(=O)OC(C)(C)C. The molecule has 0 radical (unpaired) electrons. The number of hydrogen-bond acceptors (Lipinski definition) is 5. The second-order valence-corrected chi connectivity index (χ2v) is 6.86. The summed E-state index contributed by atoms with van der Waals surface area (Å²) in [7, 11) is 2.84. The number of ketones is 1. The Kier molecular flexibility index (Phi) is 7.00. The van der Waals surface area contributed by atoms with Gasteiger partial charge in [0.05, 0.1) is 7.11 Å². The molecule has 7 heteroatoms. The van der Waals surface area contributed by atoms with Gasteiger partial charge in [0.25, 0.3) is 5.91 Å². The van der Waals surface area contributed by atoms with Crippen LogP contribution in [0.2, 0.25) is 0 Å². The molecule has 23 heavy (non-hydrogen) atoms. The van der Waals surface area contributed by atoms with E-state index >= 15 is 0 Å². The van der Waals surface area contributed by atoms with Crippen LogP contribution in [0.5, 0.6) is 0 Å². The monoisotopic (exact) mass is 328 g/mol. The lowest BCUT2D eigenvalue weighted by Crippen LogP contribution is -2.49. The Morgan fingerprint density at radius 3 is 2.52 bits per heavy atom. The molecule has 2 atom stereocenters. The molecule has 1 rings (SSSR count). The molecule has 1 N–H and O–H groups in total. The molecular formula is C16H28N2O5. The van der Waals surface area contributed by atoms with Crippen molar-refractivity contribution in [2.24, 2.45) is 5.92 Å². The van der Waals surface area contributed by atoms with E-state index < -0.39 is 23.6 Å². The molecule has 0 aliphatic heterocycles. The molecule has 0 spiro atoms. The van der Waals surface area contributed by atoms with Crippen LogP contribution in [0.3, 0.4) is 0 Å². The number of nitrogens with one attached hydrogen (secondary N) is 1. The summed E-state index contributed by atoms with van der Waals surface area (Å²) in [5.41, 5.74) is -0.661. The van der Waals surface area contributed by atoms with Crippen molar-refractivity contribution in [2.45, 2.75) is 64.5 Å². The third-order valence-corrected chi connectivity index (χ3v) is 3.77. The average molecular weight is 328 g/mol. The Morgan fingerprint density at radius 1 is 1.35 bits per heavy atom. The maximum absolute atomic E-state index is 12.4. The third kappa shape index (κ3) is 6.56. The standard InChI is InChI=1S/C16H28N2O5/c1-16(2,3)23-15(21)17-12(14(20)18(4)22-5)10-11-8-6-7-9-13(11)19/h11-12H,6-10H2,1-5H3,(H,17,21)/t11-,12-/m0/s1. The number of carbonyl (C=O) groups is 3. The molecule has 2 amide bonds. The van der Waals surface area contributed by atoms with Gasteiger partial charge < -0.3 is 10.1 Å². The van der Waals surface area contributed by atoms with Crippen LogP contribution in [-0.2, 0) is 19.2 Å². The van der Waals surface area contributed by atoms with E-state index in [1.165, 1.54) is 14.2 Å². The summed E-state index contributed by atoms with van der Waals surface area (Å²) in [4.78, 5) is 41.3.